The van der Waals surface area contributed by atoms with Crippen LogP contribution in [0.25, 0.3) is 0 Å². The van der Waals surface area contributed by atoms with E-state index in [1.807, 2.05) is 13.0 Å². The normalized spacial score (nSPS) is 10.7. The largest absolute Gasteiger partial charge is 0.484 e. The zero-order valence-electron chi connectivity index (χ0n) is 10.7. The maximum Gasteiger partial charge on any atom is 0.253 e. The van der Waals surface area contributed by atoms with Crippen molar-refractivity contribution >= 4 is 11.6 Å². The third kappa shape index (κ3) is 2.82. The highest BCUT2D eigenvalue weighted by Gasteiger charge is 2.08. The van der Waals surface area contributed by atoms with Crippen LogP contribution >= 0.6 is 11.6 Å². The Bertz CT molecular complexity index is 552. The Balaban J connectivity index is 2.08. The lowest BCUT2D eigenvalue weighted by atomic mass is 10.1. The van der Waals surface area contributed by atoms with Crippen molar-refractivity contribution in [3.05, 3.63) is 40.6 Å². The third-order valence-corrected chi connectivity index (χ3v) is 2.99. The van der Waals surface area contributed by atoms with Crippen LogP contribution in [0.2, 0.25) is 0 Å². The van der Waals surface area contributed by atoms with E-state index in [0.29, 0.717) is 11.8 Å². The molecular formula is C13H15ClN2O2. The second-order valence-electron chi connectivity index (χ2n) is 4.21. The van der Waals surface area contributed by atoms with E-state index in [0.717, 1.165) is 11.3 Å². The quantitative estimate of drug-likeness (QED) is 0.797. The van der Waals surface area contributed by atoms with Gasteiger partial charge in [0.2, 0.25) is 5.89 Å². The SMILES string of the molecule is Cc1cc(C)c(OCc2nnc(CCl)o2)cc1C. The van der Waals surface area contributed by atoms with E-state index in [2.05, 4.69) is 30.1 Å². The Morgan fingerprint density at radius 1 is 1.06 bits per heavy atom. The molecule has 5 heteroatoms. The van der Waals surface area contributed by atoms with Crippen molar-refractivity contribution in [2.45, 2.75) is 33.3 Å². The zero-order valence-corrected chi connectivity index (χ0v) is 11.4. The summed E-state index contributed by atoms with van der Waals surface area (Å²) in [5, 5.41) is 7.62. The Morgan fingerprint density at radius 3 is 2.39 bits per heavy atom. The minimum Gasteiger partial charge on any atom is -0.484 e. The molecule has 0 amide bonds. The summed E-state index contributed by atoms with van der Waals surface area (Å²) in [5.74, 6) is 1.90. The summed E-state index contributed by atoms with van der Waals surface area (Å²) in [6.45, 7) is 6.41. The molecule has 96 valence electrons. The number of ether oxygens (including phenoxy) is 1. The van der Waals surface area contributed by atoms with E-state index in [1.165, 1.54) is 11.1 Å². The summed E-state index contributed by atoms with van der Waals surface area (Å²) < 4.78 is 10.9. The fraction of sp³-hybridized carbons (Fsp3) is 0.385. The van der Waals surface area contributed by atoms with Crippen LogP contribution in [0.3, 0.4) is 0 Å². The number of aromatic nitrogens is 2. The van der Waals surface area contributed by atoms with Crippen molar-refractivity contribution in [3.63, 3.8) is 0 Å². The van der Waals surface area contributed by atoms with Gasteiger partial charge >= 0.3 is 0 Å². The average Bonchev–Trinajstić information content (AvgIpc) is 2.80. The molecule has 0 saturated heterocycles. The van der Waals surface area contributed by atoms with Crippen LogP contribution in [-0.4, -0.2) is 10.2 Å². The summed E-state index contributed by atoms with van der Waals surface area (Å²) in [6, 6.07) is 4.12. The van der Waals surface area contributed by atoms with Crippen molar-refractivity contribution < 1.29 is 9.15 Å². The van der Waals surface area contributed by atoms with Crippen molar-refractivity contribution in [2.75, 3.05) is 0 Å². The molecule has 0 N–H and O–H groups in total. The predicted molar refractivity (Wildman–Crippen MR) is 68.8 cm³/mol. The van der Waals surface area contributed by atoms with Gasteiger partial charge in [-0.15, -0.1) is 21.8 Å². The Hall–Kier alpha value is -1.55. The summed E-state index contributed by atoms with van der Waals surface area (Å²) in [4.78, 5) is 0. The molecule has 0 radical (unpaired) electrons. The molecule has 0 atom stereocenters. The van der Waals surface area contributed by atoms with Gasteiger partial charge in [-0.25, -0.2) is 0 Å². The second kappa shape index (κ2) is 5.40. The lowest BCUT2D eigenvalue weighted by molar-refractivity contribution is 0.258. The molecule has 2 aromatic rings. The van der Waals surface area contributed by atoms with Gasteiger partial charge in [0.15, 0.2) is 6.61 Å². The topological polar surface area (TPSA) is 48.2 Å². The first-order chi connectivity index (χ1) is 8.60. The summed E-state index contributed by atoms with van der Waals surface area (Å²) in [5.41, 5.74) is 3.54. The minimum atomic E-state index is 0.218. The van der Waals surface area contributed by atoms with Crippen LogP contribution in [0.5, 0.6) is 5.75 Å². The van der Waals surface area contributed by atoms with E-state index >= 15 is 0 Å². The van der Waals surface area contributed by atoms with Crippen LogP contribution in [0, 0.1) is 20.8 Å². The molecule has 0 fully saturated rings. The van der Waals surface area contributed by atoms with Gasteiger partial charge in [-0.1, -0.05) is 6.07 Å². The highest BCUT2D eigenvalue weighted by atomic mass is 35.5. The Morgan fingerprint density at radius 2 is 1.72 bits per heavy atom. The number of hydrogen-bond acceptors (Lipinski definition) is 4. The van der Waals surface area contributed by atoms with E-state index in [9.17, 15) is 0 Å². The maximum absolute atomic E-state index is 5.68. The third-order valence-electron chi connectivity index (χ3n) is 2.77. The molecule has 1 aromatic heterocycles. The molecule has 1 heterocycles. The van der Waals surface area contributed by atoms with E-state index in [1.54, 1.807) is 0 Å². The number of aryl methyl sites for hydroxylation is 3. The predicted octanol–water partition coefficient (Wildman–Crippen LogP) is 3.31. The summed E-state index contributed by atoms with van der Waals surface area (Å²) >= 11 is 5.58. The molecule has 0 bridgehead atoms. The lowest BCUT2D eigenvalue weighted by Crippen LogP contribution is -1.98. The lowest BCUT2D eigenvalue weighted by Gasteiger charge is -2.10. The second-order valence-corrected chi connectivity index (χ2v) is 4.48. The Kier molecular flexibility index (Phi) is 3.87. The highest BCUT2D eigenvalue weighted by Crippen LogP contribution is 2.23. The fourth-order valence-corrected chi connectivity index (χ4v) is 1.74. The standard InChI is InChI=1S/C13H15ClN2O2/c1-8-4-10(3)11(5-9(8)2)17-7-13-16-15-12(6-14)18-13/h4-5H,6-7H2,1-3H3. The van der Waals surface area contributed by atoms with Crippen molar-refractivity contribution in [1.82, 2.24) is 10.2 Å². The maximum atomic E-state index is 5.68. The van der Waals surface area contributed by atoms with Gasteiger partial charge in [0, 0.05) is 0 Å². The molecule has 1 aromatic carbocycles. The molecule has 0 aliphatic rings. The van der Waals surface area contributed by atoms with Crippen molar-refractivity contribution in [1.29, 1.82) is 0 Å². The molecule has 0 saturated carbocycles. The van der Waals surface area contributed by atoms with Gasteiger partial charge in [-0.05, 0) is 43.5 Å². The smallest absolute Gasteiger partial charge is 0.253 e. The van der Waals surface area contributed by atoms with E-state index < -0.39 is 0 Å². The molecule has 2 rings (SSSR count). The molecular weight excluding hydrogens is 252 g/mol. The first kappa shape index (κ1) is 12.9. The monoisotopic (exact) mass is 266 g/mol. The first-order valence-electron chi connectivity index (χ1n) is 5.68. The molecule has 0 aliphatic carbocycles. The average molecular weight is 267 g/mol. The number of nitrogens with zero attached hydrogens (tertiary/aromatic N) is 2. The zero-order chi connectivity index (χ0) is 13.1. The van der Waals surface area contributed by atoms with Crippen molar-refractivity contribution in [2.24, 2.45) is 0 Å². The van der Waals surface area contributed by atoms with Crippen LogP contribution in [0.1, 0.15) is 28.5 Å². The summed E-state index contributed by atoms with van der Waals surface area (Å²) in [7, 11) is 0. The number of halogens is 1. The first-order valence-corrected chi connectivity index (χ1v) is 6.21. The Labute approximate surface area is 111 Å². The number of hydrogen-bond donors (Lipinski definition) is 0. The van der Waals surface area contributed by atoms with Gasteiger partial charge < -0.3 is 9.15 Å². The molecule has 18 heavy (non-hydrogen) atoms. The minimum absolute atomic E-state index is 0.218. The van der Waals surface area contributed by atoms with Gasteiger partial charge in [0.1, 0.15) is 11.6 Å². The van der Waals surface area contributed by atoms with Crippen molar-refractivity contribution in [3.8, 4) is 5.75 Å². The number of alkyl halides is 1. The summed E-state index contributed by atoms with van der Waals surface area (Å²) in [6.07, 6.45) is 0. The van der Waals surface area contributed by atoms with Gasteiger partial charge in [0.25, 0.3) is 5.89 Å². The van der Waals surface area contributed by atoms with Crippen LogP contribution in [-0.2, 0) is 12.5 Å². The van der Waals surface area contributed by atoms with Crippen LogP contribution < -0.4 is 4.74 Å². The highest BCUT2D eigenvalue weighted by molar-refractivity contribution is 6.16. The van der Waals surface area contributed by atoms with Gasteiger partial charge in [-0.3, -0.25) is 0 Å². The molecule has 0 spiro atoms. The van der Waals surface area contributed by atoms with Crippen LogP contribution in [0.15, 0.2) is 16.5 Å². The van der Waals surface area contributed by atoms with E-state index in [-0.39, 0.29) is 12.5 Å². The number of benzene rings is 1. The molecule has 4 nitrogen and oxygen atoms in total. The van der Waals surface area contributed by atoms with Gasteiger partial charge in [0.05, 0.1) is 0 Å². The fourth-order valence-electron chi connectivity index (χ4n) is 1.63. The van der Waals surface area contributed by atoms with Crippen LogP contribution in [0.4, 0.5) is 0 Å². The molecule has 0 unspecified atom stereocenters. The molecule has 0 aliphatic heterocycles. The number of rotatable bonds is 4. The van der Waals surface area contributed by atoms with E-state index in [4.69, 9.17) is 20.8 Å². The van der Waals surface area contributed by atoms with Gasteiger partial charge in [-0.2, -0.15) is 0 Å².